The lowest BCUT2D eigenvalue weighted by molar-refractivity contribution is -0.122. The SMILES string of the molecule is O=C(CSc1ncc(CO)n1CC(=O)NC1CCCC1)Nc1ccc(F)cc1. The molecule has 2 amide bonds. The number of hydrogen-bond acceptors (Lipinski definition) is 5. The monoisotopic (exact) mass is 406 g/mol. The minimum Gasteiger partial charge on any atom is -0.390 e. The summed E-state index contributed by atoms with van der Waals surface area (Å²) in [4.78, 5) is 28.7. The first-order valence-electron chi connectivity index (χ1n) is 9.18. The molecule has 0 bridgehead atoms. The van der Waals surface area contributed by atoms with Crippen molar-refractivity contribution >= 4 is 29.3 Å². The summed E-state index contributed by atoms with van der Waals surface area (Å²) in [7, 11) is 0. The van der Waals surface area contributed by atoms with Crippen LogP contribution in [0.5, 0.6) is 0 Å². The molecule has 0 spiro atoms. The Morgan fingerprint density at radius 3 is 2.61 bits per heavy atom. The molecular formula is C19H23FN4O3S. The third-order valence-electron chi connectivity index (χ3n) is 4.55. The summed E-state index contributed by atoms with van der Waals surface area (Å²) in [5, 5.41) is 15.7. The molecule has 1 aliphatic carbocycles. The van der Waals surface area contributed by atoms with Crippen LogP contribution in [0.4, 0.5) is 10.1 Å². The van der Waals surface area contributed by atoms with E-state index >= 15 is 0 Å². The Morgan fingerprint density at radius 2 is 1.93 bits per heavy atom. The van der Waals surface area contributed by atoms with Crippen molar-refractivity contribution in [1.29, 1.82) is 0 Å². The van der Waals surface area contributed by atoms with Crippen LogP contribution in [0.3, 0.4) is 0 Å². The topological polar surface area (TPSA) is 96.2 Å². The molecule has 3 rings (SSSR count). The normalized spacial score (nSPS) is 14.2. The molecule has 0 saturated heterocycles. The molecule has 1 aliphatic rings. The van der Waals surface area contributed by atoms with Crippen LogP contribution >= 0.6 is 11.8 Å². The second kappa shape index (κ2) is 9.70. The lowest BCUT2D eigenvalue weighted by atomic mass is 10.2. The van der Waals surface area contributed by atoms with Crippen molar-refractivity contribution < 1.29 is 19.1 Å². The van der Waals surface area contributed by atoms with E-state index in [1.807, 2.05) is 0 Å². The number of aromatic nitrogens is 2. The molecule has 0 unspecified atom stereocenters. The largest absolute Gasteiger partial charge is 0.390 e. The number of nitrogens with zero attached hydrogens (tertiary/aromatic N) is 2. The third kappa shape index (κ3) is 5.56. The zero-order valence-corrected chi connectivity index (χ0v) is 16.2. The number of hydrogen-bond donors (Lipinski definition) is 3. The van der Waals surface area contributed by atoms with Gasteiger partial charge in [-0.05, 0) is 37.1 Å². The number of rotatable bonds is 8. The Kier molecular flexibility index (Phi) is 7.05. The number of carbonyl (C=O) groups excluding carboxylic acids is 2. The quantitative estimate of drug-likeness (QED) is 0.585. The van der Waals surface area contributed by atoms with Gasteiger partial charge in [0.15, 0.2) is 5.16 Å². The summed E-state index contributed by atoms with van der Waals surface area (Å²) in [5.74, 6) is -0.699. The number of carbonyl (C=O) groups is 2. The van der Waals surface area contributed by atoms with E-state index in [1.54, 1.807) is 4.57 Å². The van der Waals surface area contributed by atoms with E-state index < -0.39 is 0 Å². The molecule has 3 N–H and O–H groups in total. The summed E-state index contributed by atoms with van der Waals surface area (Å²) in [6, 6.07) is 5.72. The molecule has 9 heteroatoms. The highest BCUT2D eigenvalue weighted by atomic mass is 32.2. The van der Waals surface area contributed by atoms with Gasteiger partial charge in [0.1, 0.15) is 12.4 Å². The Balaban J connectivity index is 1.57. The van der Waals surface area contributed by atoms with Crippen molar-refractivity contribution in [3.05, 3.63) is 42.0 Å². The standard InChI is InChI=1S/C19H23FN4O3S/c20-13-5-7-15(8-6-13)23-18(27)12-28-19-21-9-16(11-25)24(19)10-17(26)22-14-3-1-2-4-14/h5-9,14,25H,1-4,10-12H2,(H,22,26)(H,23,27). The van der Waals surface area contributed by atoms with E-state index in [0.717, 1.165) is 25.7 Å². The van der Waals surface area contributed by atoms with Gasteiger partial charge in [-0.25, -0.2) is 9.37 Å². The van der Waals surface area contributed by atoms with Crippen molar-refractivity contribution in [2.24, 2.45) is 0 Å². The maximum absolute atomic E-state index is 12.9. The molecule has 1 saturated carbocycles. The van der Waals surface area contributed by atoms with Crippen LogP contribution in [0.1, 0.15) is 31.4 Å². The fourth-order valence-electron chi connectivity index (χ4n) is 3.15. The van der Waals surface area contributed by atoms with Crippen LogP contribution in [0.25, 0.3) is 0 Å². The fraction of sp³-hybridized carbons (Fsp3) is 0.421. The molecule has 2 aromatic rings. The Labute approximate surface area is 166 Å². The van der Waals surface area contributed by atoms with Crippen LogP contribution in [-0.2, 0) is 22.7 Å². The number of nitrogens with one attached hydrogen (secondary N) is 2. The molecule has 0 radical (unpaired) electrons. The van der Waals surface area contributed by atoms with E-state index in [9.17, 15) is 19.1 Å². The second-order valence-electron chi connectivity index (χ2n) is 6.67. The molecule has 7 nitrogen and oxygen atoms in total. The summed E-state index contributed by atoms with van der Waals surface area (Å²) in [6.45, 7) is -0.194. The van der Waals surface area contributed by atoms with Crippen LogP contribution in [-0.4, -0.2) is 38.3 Å². The Hall–Kier alpha value is -2.39. The highest BCUT2D eigenvalue weighted by molar-refractivity contribution is 7.99. The van der Waals surface area contributed by atoms with Crippen LogP contribution in [0.2, 0.25) is 0 Å². The second-order valence-corrected chi connectivity index (χ2v) is 7.61. The number of amides is 2. The van der Waals surface area contributed by atoms with E-state index in [1.165, 1.54) is 42.2 Å². The minimum atomic E-state index is -0.373. The summed E-state index contributed by atoms with van der Waals surface area (Å²) < 4.78 is 14.6. The van der Waals surface area contributed by atoms with E-state index in [2.05, 4.69) is 15.6 Å². The molecule has 150 valence electrons. The van der Waals surface area contributed by atoms with E-state index in [0.29, 0.717) is 16.5 Å². The van der Waals surface area contributed by atoms with E-state index in [4.69, 9.17) is 0 Å². The molecular weight excluding hydrogens is 383 g/mol. The lowest BCUT2D eigenvalue weighted by Gasteiger charge is -2.14. The lowest BCUT2D eigenvalue weighted by Crippen LogP contribution is -2.35. The van der Waals surface area contributed by atoms with Crippen molar-refractivity contribution in [3.8, 4) is 0 Å². The number of anilines is 1. The van der Waals surface area contributed by atoms with Crippen molar-refractivity contribution in [2.45, 2.75) is 50.0 Å². The number of imidazole rings is 1. The zero-order valence-electron chi connectivity index (χ0n) is 15.4. The maximum Gasteiger partial charge on any atom is 0.240 e. The van der Waals surface area contributed by atoms with Crippen LogP contribution in [0, 0.1) is 5.82 Å². The molecule has 1 aromatic carbocycles. The average molecular weight is 406 g/mol. The Bertz CT molecular complexity index is 819. The fourth-order valence-corrected chi connectivity index (χ4v) is 3.95. The van der Waals surface area contributed by atoms with Crippen LogP contribution < -0.4 is 10.6 Å². The van der Waals surface area contributed by atoms with Gasteiger partial charge < -0.3 is 20.3 Å². The number of halogens is 1. The molecule has 0 atom stereocenters. The third-order valence-corrected chi connectivity index (χ3v) is 5.54. The summed E-state index contributed by atoms with van der Waals surface area (Å²) in [5.41, 5.74) is 1.02. The number of benzene rings is 1. The molecule has 1 fully saturated rings. The maximum atomic E-state index is 12.9. The highest BCUT2D eigenvalue weighted by Crippen LogP contribution is 2.21. The van der Waals surface area contributed by atoms with Gasteiger partial charge in [0.2, 0.25) is 11.8 Å². The smallest absolute Gasteiger partial charge is 0.240 e. The number of thioether (sulfide) groups is 1. The molecule has 1 heterocycles. The van der Waals surface area contributed by atoms with Gasteiger partial charge in [-0.1, -0.05) is 24.6 Å². The van der Waals surface area contributed by atoms with Gasteiger partial charge in [-0.3, -0.25) is 9.59 Å². The molecule has 0 aliphatic heterocycles. The van der Waals surface area contributed by atoms with Gasteiger partial charge in [0.25, 0.3) is 0 Å². The van der Waals surface area contributed by atoms with Gasteiger partial charge in [-0.2, -0.15) is 0 Å². The first-order chi connectivity index (χ1) is 13.5. The zero-order chi connectivity index (χ0) is 19.9. The van der Waals surface area contributed by atoms with E-state index in [-0.39, 0.29) is 42.6 Å². The highest BCUT2D eigenvalue weighted by Gasteiger charge is 2.19. The van der Waals surface area contributed by atoms with Crippen molar-refractivity contribution in [3.63, 3.8) is 0 Å². The first-order valence-corrected chi connectivity index (χ1v) is 10.2. The van der Waals surface area contributed by atoms with Gasteiger partial charge in [0.05, 0.1) is 24.3 Å². The van der Waals surface area contributed by atoms with Gasteiger partial charge in [-0.15, -0.1) is 0 Å². The van der Waals surface area contributed by atoms with Crippen LogP contribution in [0.15, 0.2) is 35.6 Å². The molecule has 1 aromatic heterocycles. The predicted octanol–water partition coefficient (Wildman–Crippen LogP) is 2.30. The molecule has 28 heavy (non-hydrogen) atoms. The van der Waals surface area contributed by atoms with Gasteiger partial charge >= 0.3 is 0 Å². The minimum absolute atomic E-state index is 0.0499. The summed E-state index contributed by atoms with van der Waals surface area (Å²) >= 11 is 1.17. The van der Waals surface area contributed by atoms with Crippen molar-refractivity contribution in [2.75, 3.05) is 11.1 Å². The van der Waals surface area contributed by atoms with Crippen molar-refractivity contribution in [1.82, 2.24) is 14.9 Å². The average Bonchev–Trinajstić information content (AvgIpc) is 3.31. The predicted molar refractivity (Wildman–Crippen MR) is 104 cm³/mol. The number of aliphatic hydroxyl groups is 1. The number of aliphatic hydroxyl groups excluding tert-OH is 1. The van der Waals surface area contributed by atoms with Gasteiger partial charge in [0, 0.05) is 11.7 Å². The first kappa shape index (κ1) is 20.3. The summed E-state index contributed by atoms with van der Waals surface area (Å²) in [6.07, 6.45) is 5.74. The Morgan fingerprint density at radius 1 is 1.21 bits per heavy atom.